The Hall–Kier alpha value is -0.120. The minimum absolute atomic E-state index is 0.128. The van der Waals surface area contributed by atoms with Gasteiger partial charge in [0.2, 0.25) is 0 Å². The van der Waals surface area contributed by atoms with Gasteiger partial charge in [0.1, 0.15) is 6.79 Å². The second-order valence-electron chi connectivity index (χ2n) is 7.08. The Morgan fingerprint density at radius 2 is 1.09 bits per heavy atom. The fourth-order valence-corrected chi connectivity index (χ4v) is 2.19. The molecule has 0 spiro atoms. The van der Waals surface area contributed by atoms with E-state index in [0.29, 0.717) is 20.0 Å². The van der Waals surface area contributed by atoms with Crippen molar-refractivity contribution in [2.75, 3.05) is 26.6 Å². The van der Waals surface area contributed by atoms with Crippen LogP contribution in [0.3, 0.4) is 0 Å². The lowest BCUT2D eigenvalue weighted by molar-refractivity contribution is -0.127. The molecule has 0 aromatic heterocycles. The third-order valence-corrected chi connectivity index (χ3v) is 3.59. The standard InChI is InChI=1S/C19H40O3/c1-5-6-7-8-9-10-11-12-13-14-15-20-16-17-21-18-22-19(2,3)4/h5-18H2,1-4H3. The van der Waals surface area contributed by atoms with Crippen molar-refractivity contribution in [2.24, 2.45) is 0 Å². The smallest absolute Gasteiger partial charge is 0.147 e. The first-order valence-corrected chi connectivity index (χ1v) is 9.35. The maximum absolute atomic E-state index is 5.56. The Kier molecular flexibility index (Phi) is 15.7. The predicted molar refractivity (Wildman–Crippen MR) is 94.3 cm³/mol. The summed E-state index contributed by atoms with van der Waals surface area (Å²) in [5, 5.41) is 0. The highest BCUT2D eigenvalue weighted by Gasteiger charge is 2.08. The molecule has 134 valence electrons. The maximum Gasteiger partial charge on any atom is 0.147 e. The lowest BCUT2D eigenvalue weighted by Gasteiger charge is -2.19. The summed E-state index contributed by atoms with van der Waals surface area (Å²) in [6, 6.07) is 0. The van der Waals surface area contributed by atoms with Gasteiger partial charge >= 0.3 is 0 Å². The third-order valence-electron chi connectivity index (χ3n) is 3.59. The molecule has 0 unspecified atom stereocenters. The van der Waals surface area contributed by atoms with Crippen molar-refractivity contribution >= 4 is 0 Å². The van der Waals surface area contributed by atoms with Crippen LogP contribution in [-0.4, -0.2) is 32.2 Å². The summed E-state index contributed by atoms with van der Waals surface area (Å²) < 4.78 is 16.4. The first kappa shape index (κ1) is 21.9. The highest BCUT2D eigenvalue weighted by molar-refractivity contribution is 4.56. The van der Waals surface area contributed by atoms with E-state index in [1.807, 2.05) is 20.8 Å². The third kappa shape index (κ3) is 19.9. The quantitative estimate of drug-likeness (QED) is 0.269. The Morgan fingerprint density at radius 3 is 1.64 bits per heavy atom. The SMILES string of the molecule is CCCCCCCCCCCCOCCOCOC(C)(C)C. The van der Waals surface area contributed by atoms with E-state index in [9.17, 15) is 0 Å². The van der Waals surface area contributed by atoms with E-state index < -0.39 is 0 Å². The minimum atomic E-state index is -0.128. The van der Waals surface area contributed by atoms with Crippen molar-refractivity contribution < 1.29 is 14.2 Å². The van der Waals surface area contributed by atoms with Gasteiger partial charge in [-0.25, -0.2) is 0 Å². The number of rotatable bonds is 16. The fraction of sp³-hybridized carbons (Fsp3) is 1.00. The normalized spacial score (nSPS) is 12.0. The second-order valence-corrected chi connectivity index (χ2v) is 7.08. The Balaban J connectivity index is 3.00. The molecule has 0 bridgehead atoms. The predicted octanol–water partition coefficient (Wildman–Crippen LogP) is 5.71. The van der Waals surface area contributed by atoms with Crippen molar-refractivity contribution in [1.29, 1.82) is 0 Å². The molecule has 0 aromatic rings. The molecule has 0 atom stereocenters. The molecule has 3 heteroatoms. The Bertz CT molecular complexity index is 211. The molecule has 0 amide bonds. The first-order chi connectivity index (χ1) is 10.6. The van der Waals surface area contributed by atoms with Crippen LogP contribution in [0.2, 0.25) is 0 Å². The molecular weight excluding hydrogens is 276 g/mol. The summed E-state index contributed by atoms with van der Waals surface area (Å²) in [4.78, 5) is 0. The molecule has 0 radical (unpaired) electrons. The van der Waals surface area contributed by atoms with Gasteiger partial charge < -0.3 is 14.2 Å². The minimum Gasteiger partial charge on any atom is -0.379 e. The van der Waals surface area contributed by atoms with Crippen molar-refractivity contribution in [1.82, 2.24) is 0 Å². The molecule has 0 heterocycles. The van der Waals surface area contributed by atoms with Crippen LogP contribution in [-0.2, 0) is 14.2 Å². The zero-order valence-electron chi connectivity index (χ0n) is 15.6. The molecule has 0 aromatic carbocycles. The number of hydrogen-bond acceptors (Lipinski definition) is 3. The topological polar surface area (TPSA) is 27.7 Å². The molecule has 0 saturated heterocycles. The summed E-state index contributed by atoms with van der Waals surface area (Å²) in [7, 11) is 0. The first-order valence-electron chi connectivity index (χ1n) is 9.35. The van der Waals surface area contributed by atoms with Gasteiger partial charge in [-0.3, -0.25) is 0 Å². The van der Waals surface area contributed by atoms with Gasteiger partial charge in [-0.2, -0.15) is 0 Å². The molecule has 0 fully saturated rings. The van der Waals surface area contributed by atoms with E-state index >= 15 is 0 Å². The fourth-order valence-electron chi connectivity index (χ4n) is 2.19. The highest BCUT2D eigenvalue weighted by Crippen LogP contribution is 2.10. The zero-order valence-corrected chi connectivity index (χ0v) is 15.6. The van der Waals surface area contributed by atoms with Gasteiger partial charge in [0, 0.05) is 6.61 Å². The molecule has 0 saturated carbocycles. The van der Waals surface area contributed by atoms with Crippen LogP contribution in [0.15, 0.2) is 0 Å². The summed E-state index contributed by atoms with van der Waals surface area (Å²) >= 11 is 0. The summed E-state index contributed by atoms with van der Waals surface area (Å²) in [6.07, 6.45) is 13.6. The van der Waals surface area contributed by atoms with E-state index in [4.69, 9.17) is 14.2 Å². The van der Waals surface area contributed by atoms with Gasteiger partial charge in [0.05, 0.1) is 18.8 Å². The van der Waals surface area contributed by atoms with Crippen molar-refractivity contribution in [3.63, 3.8) is 0 Å². The van der Waals surface area contributed by atoms with Crippen molar-refractivity contribution in [3.8, 4) is 0 Å². The number of ether oxygens (including phenoxy) is 3. The van der Waals surface area contributed by atoms with Crippen LogP contribution in [0, 0.1) is 0 Å². The number of hydrogen-bond donors (Lipinski definition) is 0. The van der Waals surface area contributed by atoms with Crippen molar-refractivity contribution in [2.45, 2.75) is 97.5 Å². The zero-order chi connectivity index (χ0) is 16.5. The van der Waals surface area contributed by atoms with Crippen LogP contribution in [0.5, 0.6) is 0 Å². The molecule has 3 nitrogen and oxygen atoms in total. The van der Waals surface area contributed by atoms with Gasteiger partial charge in [0.25, 0.3) is 0 Å². The largest absolute Gasteiger partial charge is 0.379 e. The van der Waals surface area contributed by atoms with Gasteiger partial charge in [-0.15, -0.1) is 0 Å². The van der Waals surface area contributed by atoms with E-state index in [2.05, 4.69) is 6.92 Å². The van der Waals surface area contributed by atoms with E-state index in [-0.39, 0.29) is 5.60 Å². The van der Waals surface area contributed by atoms with E-state index in [0.717, 1.165) is 6.61 Å². The summed E-state index contributed by atoms with van der Waals surface area (Å²) in [6.45, 7) is 10.9. The van der Waals surface area contributed by atoms with Crippen molar-refractivity contribution in [3.05, 3.63) is 0 Å². The van der Waals surface area contributed by atoms with E-state index in [1.165, 1.54) is 64.2 Å². The molecule has 0 aliphatic rings. The van der Waals surface area contributed by atoms with Gasteiger partial charge in [-0.1, -0.05) is 64.7 Å². The molecule has 0 aliphatic heterocycles. The van der Waals surface area contributed by atoms with Crippen LogP contribution >= 0.6 is 0 Å². The lowest BCUT2D eigenvalue weighted by atomic mass is 10.1. The molecule has 0 aliphatic carbocycles. The summed E-state index contributed by atoms with van der Waals surface area (Å²) in [5.74, 6) is 0. The highest BCUT2D eigenvalue weighted by atomic mass is 16.7. The van der Waals surface area contributed by atoms with Crippen LogP contribution in [0.25, 0.3) is 0 Å². The molecule has 0 N–H and O–H groups in total. The summed E-state index contributed by atoms with van der Waals surface area (Å²) in [5.41, 5.74) is -0.128. The van der Waals surface area contributed by atoms with Crippen LogP contribution < -0.4 is 0 Å². The molecular formula is C19H40O3. The second kappa shape index (κ2) is 15.8. The monoisotopic (exact) mass is 316 g/mol. The lowest BCUT2D eigenvalue weighted by Crippen LogP contribution is -2.21. The average Bonchev–Trinajstić information content (AvgIpc) is 2.45. The average molecular weight is 317 g/mol. The molecule has 0 rings (SSSR count). The van der Waals surface area contributed by atoms with Gasteiger partial charge in [0.15, 0.2) is 0 Å². The Morgan fingerprint density at radius 1 is 0.591 bits per heavy atom. The van der Waals surface area contributed by atoms with Crippen LogP contribution in [0.4, 0.5) is 0 Å². The van der Waals surface area contributed by atoms with Gasteiger partial charge in [-0.05, 0) is 27.2 Å². The number of unbranched alkanes of at least 4 members (excludes halogenated alkanes) is 9. The maximum atomic E-state index is 5.56. The van der Waals surface area contributed by atoms with E-state index in [1.54, 1.807) is 0 Å². The Labute approximate surface area is 139 Å². The molecule has 22 heavy (non-hydrogen) atoms. The van der Waals surface area contributed by atoms with Crippen LogP contribution in [0.1, 0.15) is 91.9 Å².